The van der Waals surface area contributed by atoms with Gasteiger partial charge in [-0.3, -0.25) is 4.79 Å². The van der Waals surface area contributed by atoms with Crippen molar-refractivity contribution in [3.8, 4) is 0 Å². The standard InChI is InChI=1S/C21H28N2O3S/c1-15(2)20(21(24)23-12-10-16(3)11-13-23)22-27(25,26)19-9-8-17-6-4-5-7-18(17)14-19/h4-9,14-16,20,22H,10-13H2,1-3H3. The zero-order chi connectivity index (χ0) is 19.6. The number of fused-ring (bicyclic) bond motifs is 1. The molecule has 0 aromatic heterocycles. The van der Waals surface area contributed by atoms with Crippen LogP contribution in [0.15, 0.2) is 47.4 Å². The van der Waals surface area contributed by atoms with Crippen LogP contribution < -0.4 is 4.72 Å². The summed E-state index contributed by atoms with van der Waals surface area (Å²) in [5, 5.41) is 1.84. The molecule has 2 aromatic rings. The molecule has 1 atom stereocenters. The largest absolute Gasteiger partial charge is 0.341 e. The predicted molar refractivity (Wildman–Crippen MR) is 108 cm³/mol. The van der Waals surface area contributed by atoms with Gasteiger partial charge in [-0.2, -0.15) is 4.72 Å². The molecule has 0 bridgehead atoms. The Labute approximate surface area is 161 Å². The van der Waals surface area contributed by atoms with E-state index in [1.807, 2.05) is 38.1 Å². The maximum absolute atomic E-state index is 13.0. The van der Waals surface area contributed by atoms with Crippen LogP contribution in [-0.2, 0) is 14.8 Å². The molecule has 6 heteroatoms. The second-order valence-electron chi connectivity index (χ2n) is 7.86. The van der Waals surface area contributed by atoms with E-state index in [-0.39, 0.29) is 16.7 Å². The Bertz CT molecular complexity index is 916. The van der Waals surface area contributed by atoms with E-state index in [0.717, 1.165) is 23.6 Å². The van der Waals surface area contributed by atoms with E-state index in [2.05, 4.69) is 11.6 Å². The van der Waals surface area contributed by atoms with Crippen molar-refractivity contribution >= 4 is 26.7 Å². The van der Waals surface area contributed by atoms with E-state index in [1.165, 1.54) is 0 Å². The van der Waals surface area contributed by atoms with Crippen LogP contribution in [-0.4, -0.2) is 38.4 Å². The van der Waals surface area contributed by atoms with Gasteiger partial charge in [0.2, 0.25) is 15.9 Å². The zero-order valence-electron chi connectivity index (χ0n) is 16.2. The third-order valence-electron chi connectivity index (χ3n) is 5.34. The first-order valence-corrected chi connectivity index (χ1v) is 11.1. The van der Waals surface area contributed by atoms with E-state index < -0.39 is 16.1 Å². The molecule has 1 amide bonds. The third-order valence-corrected chi connectivity index (χ3v) is 6.78. The molecule has 0 radical (unpaired) electrons. The number of carbonyl (C=O) groups is 1. The van der Waals surface area contributed by atoms with Crippen molar-refractivity contribution in [3.63, 3.8) is 0 Å². The van der Waals surface area contributed by atoms with Crippen molar-refractivity contribution in [2.75, 3.05) is 13.1 Å². The zero-order valence-corrected chi connectivity index (χ0v) is 17.0. The minimum atomic E-state index is -3.79. The van der Waals surface area contributed by atoms with Crippen LogP contribution in [0, 0.1) is 11.8 Å². The number of hydrogen-bond donors (Lipinski definition) is 1. The lowest BCUT2D eigenvalue weighted by atomic mass is 9.97. The fourth-order valence-electron chi connectivity index (χ4n) is 3.47. The number of nitrogens with zero attached hydrogens (tertiary/aromatic N) is 1. The number of hydrogen-bond acceptors (Lipinski definition) is 3. The van der Waals surface area contributed by atoms with Crippen LogP contribution in [0.5, 0.6) is 0 Å². The molecule has 1 aliphatic heterocycles. The molecule has 2 aromatic carbocycles. The molecular formula is C21H28N2O3S. The highest BCUT2D eigenvalue weighted by molar-refractivity contribution is 7.89. The topological polar surface area (TPSA) is 66.5 Å². The monoisotopic (exact) mass is 388 g/mol. The number of piperidine rings is 1. The number of carbonyl (C=O) groups excluding carboxylic acids is 1. The number of amides is 1. The second-order valence-corrected chi connectivity index (χ2v) is 9.57. The molecule has 3 rings (SSSR count). The van der Waals surface area contributed by atoms with Crippen molar-refractivity contribution in [3.05, 3.63) is 42.5 Å². The Morgan fingerprint density at radius 3 is 2.33 bits per heavy atom. The van der Waals surface area contributed by atoms with Crippen LogP contribution in [0.25, 0.3) is 10.8 Å². The van der Waals surface area contributed by atoms with Crippen molar-refractivity contribution in [1.29, 1.82) is 0 Å². The molecule has 1 N–H and O–H groups in total. The summed E-state index contributed by atoms with van der Waals surface area (Å²) in [5.74, 6) is 0.356. The Kier molecular flexibility index (Phi) is 5.86. The molecule has 5 nitrogen and oxygen atoms in total. The molecule has 0 saturated carbocycles. The van der Waals surface area contributed by atoms with Crippen LogP contribution in [0.1, 0.15) is 33.6 Å². The summed E-state index contributed by atoms with van der Waals surface area (Å²) in [5.41, 5.74) is 0. The summed E-state index contributed by atoms with van der Waals surface area (Å²) in [6, 6.07) is 11.9. The molecule has 146 valence electrons. The van der Waals surface area contributed by atoms with Gasteiger partial charge in [-0.15, -0.1) is 0 Å². The van der Waals surface area contributed by atoms with Gasteiger partial charge in [-0.05, 0) is 47.6 Å². The fraction of sp³-hybridized carbons (Fsp3) is 0.476. The quantitative estimate of drug-likeness (QED) is 0.854. The molecule has 1 fully saturated rings. The Morgan fingerprint density at radius 2 is 1.70 bits per heavy atom. The highest BCUT2D eigenvalue weighted by Gasteiger charge is 2.32. The first-order chi connectivity index (χ1) is 12.8. The SMILES string of the molecule is CC1CCN(C(=O)C(NS(=O)(=O)c2ccc3ccccc3c2)C(C)C)CC1. The maximum atomic E-state index is 13.0. The molecule has 1 saturated heterocycles. The highest BCUT2D eigenvalue weighted by Crippen LogP contribution is 2.22. The van der Waals surface area contributed by atoms with Crippen molar-refractivity contribution in [2.24, 2.45) is 11.8 Å². The predicted octanol–water partition coefficient (Wildman–Crippen LogP) is 3.40. The lowest BCUT2D eigenvalue weighted by molar-refractivity contribution is -0.135. The molecular weight excluding hydrogens is 360 g/mol. The summed E-state index contributed by atoms with van der Waals surface area (Å²) in [7, 11) is -3.79. The Balaban J connectivity index is 1.82. The number of benzene rings is 2. The molecule has 1 aliphatic rings. The van der Waals surface area contributed by atoms with E-state index >= 15 is 0 Å². The third kappa shape index (κ3) is 4.50. The number of likely N-dealkylation sites (tertiary alicyclic amines) is 1. The van der Waals surface area contributed by atoms with Crippen LogP contribution >= 0.6 is 0 Å². The second kappa shape index (κ2) is 7.98. The molecule has 0 aliphatic carbocycles. The Morgan fingerprint density at radius 1 is 1.07 bits per heavy atom. The van der Waals surface area contributed by atoms with Crippen molar-refractivity contribution in [1.82, 2.24) is 9.62 Å². The number of rotatable bonds is 5. The summed E-state index contributed by atoms with van der Waals surface area (Å²) < 4.78 is 28.6. The van der Waals surface area contributed by atoms with E-state index in [9.17, 15) is 13.2 Å². The van der Waals surface area contributed by atoms with Crippen LogP contribution in [0.4, 0.5) is 0 Å². The van der Waals surface area contributed by atoms with E-state index in [0.29, 0.717) is 19.0 Å². The lowest BCUT2D eigenvalue weighted by Crippen LogP contribution is -2.52. The van der Waals surface area contributed by atoms with Crippen LogP contribution in [0.3, 0.4) is 0 Å². The average Bonchev–Trinajstić information content (AvgIpc) is 2.65. The minimum absolute atomic E-state index is 0.124. The average molecular weight is 389 g/mol. The lowest BCUT2D eigenvalue weighted by Gasteiger charge is -2.34. The van der Waals surface area contributed by atoms with Gasteiger partial charge >= 0.3 is 0 Å². The van der Waals surface area contributed by atoms with E-state index in [1.54, 1.807) is 23.1 Å². The smallest absolute Gasteiger partial charge is 0.241 e. The van der Waals surface area contributed by atoms with Gasteiger partial charge in [0.05, 0.1) is 4.90 Å². The van der Waals surface area contributed by atoms with Gasteiger partial charge in [-0.25, -0.2) is 8.42 Å². The summed E-state index contributed by atoms with van der Waals surface area (Å²) in [4.78, 5) is 15.0. The first kappa shape index (κ1) is 19.8. The molecule has 1 heterocycles. The van der Waals surface area contributed by atoms with Crippen molar-refractivity contribution in [2.45, 2.75) is 44.6 Å². The first-order valence-electron chi connectivity index (χ1n) is 9.58. The normalized spacial score (nSPS) is 17.4. The van der Waals surface area contributed by atoms with Gasteiger partial charge in [0.15, 0.2) is 0 Å². The summed E-state index contributed by atoms with van der Waals surface area (Å²) in [6.07, 6.45) is 1.93. The summed E-state index contributed by atoms with van der Waals surface area (Å²) >= 11 is 0. The van der Waals surface area contributed by atoms with Gasteiger partial charge in [0.25, 0.3) is 0 Å². The van der Waals surface area contributed by atoms with Gasteiger partial charge in [0, 0.05) is 13.1 Å². The number of nitrogens with one attached hydrogen (secondary N) is 1. The van der Waals surface area contributed by atoms with E-state index in [4.69, 9.17) is 0 Å². The molecule has 0 spiro atoms. The minimum Gasteiger partial charge on any atom is -0.341 e. The van der Waals surface area contributed by atoms with Gasteiger partial charge in [-0.1, -0.05) is 51.1 Å². The Hall–Kier alpha value is -1.92. The highest BCUT2D eigenvalue weighted by atomic mass is 32.2. The number of sulfonamides is 1. The van der Waals surface area contributed by atoms with Crippen molar-refractivity contribution < 1.29 is 13.2 Å². The van der Waals surface area contributed by atoms with Crippen LogP contribution in [0.2, 0.25) is 0 Å². The molecule has 27 heavy (non-hydrogen) atoms. The summed E-state index contributed by atoms with van der Waals surface area (Å²) in [6.45, 7) is 7.32. The maximum Gasteiger partial charge on any atom is 0.241 e. The molecule has 1 unspecified atom stereocenters. The van der Waals surface area contributed by atoms with Gasteiger partial charge in [0.1, 0.15) is 6.04 Å². The fourth-order valence-corrected chi connectivity index (χ4v) is 4.84. The van der Waals surface area contributed by atoms with Gasteiger partial charge < -0.3 is 4.90 Å².